The number of nitrogens with one attached hydrogen (secondary N) is 1. The summed E-state index contributed by atoms with van der Waals surface area (Å²) in [5, 5.41) is 12.8. The standard InChI is InChI=1S/C27H37NO7/c1-33-15-16-34-19-22(24(29)30)17-27(13-5-6-14-27)26(32)28-23-11-9-21(10-12-23)25(31)35-18-20-7-3-2-4-8-20/h2-4,7-8,17,21,23H,5-6,9-16,18-19H2,1H3,(H,28,32)(H,29,30)/b22-17+. The highest BCUT2D eigenvalue weighted by molar-refractivity contribution is 5.91. The maximum Gasteiger partial charge on any atom is 0.333 e. The van der Waals surface area contributed by atoms with Crippen LogP contribution in [0.5, 0.6) is 0 Å². The van der Waals surface area contributed by atoms with Crippen LogP contribution in [0.4, 0.5) is 0 Å². The van der Waals surface area contributed by atoms with Gasteiger partial charge >= 0.3 is 11.9 Å². The maximum absolute atomic E-state index is 13.3. The van der Waals surface area contributed by atoms with Gasteiger partial charge in [-0.1, -0.05) is 49.2 Å². The number of carbonyl (C=O) groups is 3. The van der Waals surface area contributed by atoms with Crippen molar-refractivity contribution in [3.63, 3.8) is 0 Å². The predicted octanol–water partition coefficient (Wildman–Crippen LogP) is 3.64. The number of benzene rings is 1. The van der Waals surface area contributed by atoms with Crippen LogP contribution in [-0.4, -0.2) is 55.9 Å². The topological polar surface area (TPSA) is 111 Å². The molecule has 0 aromatic heterocycles. The second-order valence-corrected chi connectivity index (χ2v) is 9.50. The summed E-state index contributed by atoms with van der Waals surface area (Å²) in [6, 6.07) is 9.57. The first-order valence-electron chi connectivity index (χ1n) is 12.5. The summed E-state index contributed by atoms with van der Waals surface area (Å²) < 4.78 is 15.8. The van der Waals surface area contributed by atoms with Gasteiger partial charge in [0.05, 0.1) is 36.7 Å². The molecule has 2 fully saturated rings. The number of aliphatic carboxylic acids is 1. The van der Waals surface area contributed by atoms with E-state index < -0.39 is 11.4 Å². The summed E-state index contributed by atoms with van der Waals surface area (Å²) in [5.74, 6) is -1.54. The molecule has 0 unspecified atom stereocenters. The summed E-state index contributed by atoms with van der Waals surface area (Å²) in [4.78, 5) is 37.6. The van der Waals surface area contributed by atoms with Crippen LogP contribution in [-0.2, 0) is 35.2 Å². The molecular formula is C27H37NO7. The molecule has 2 N–H and O–H groups in total. The van der Waals surface area contributed by atoms with Crippen molar-refractivity contribution in [3.05, 3.63) is 47.5 Å². The van der Waals surface area contributed by atoms with E-state index in [-0.39, 0.29) is 49.2 Å². The Hall–Kier alpha value is -2.71. The van der Waals surface area contributed by atoms with Crippen LogP contribution in [0.25, 0.3) is 0 Å². The lowest BCUT2D eigenvalue weighted by Gasteiger charge is -2.32. The fourth-order valence-electron chi connectivity index (χ4n) is 4.92. The molecule has 1 aromatic rings. The molecule has 35 heavy (non-hydrogen) atoms. The molecule has 1 aromatic carbocycles. The third-order valence-electron chi connectivity index (χ3n) is 6.98. The van der Waals surface area contributed by atoms with Crippen molar-refractivity contribution in [1.82, 2.24) is 5.32 Å². The SMILES string of the molecule is COCCOC/C(=C\C1(C(=O)NC2CCC(C(=O)OCc3ccccc3)CC2)CCCC1)C(=O)O. The zero-order valence-corrected chi connectivity index (χ0v) is 20.5. The van der Waals surface area contributed by atoms with E-state index in [2.05, 4.69) is 5.32 Å². The molecule has 0 spiro atoms. The summed E-state index contributed by atoms with van der Waals surface area (Å²) in [6.07, 6.45) is 7.32. The van der Waals surface area contributed by atoms with Crippen LogP contribution >= 0.6 is 0 Å². The third kappa shape index (κ3) is 7.90. The average Bonchev–Trinajstić information content (AvgIpc) is 3.35. The monoisotopic (exact) mass is 487 g/mol. The highest BCUT2D eigenvalue weighted by Crippen LogP contribution is 2.41. The number of hydrogen-bond donors (Lipinski definition) is 2. The minimum atomic E-state index is -1.07. The van der Waals surface area contributed by atoms with Crippen molar-refractivity contribution in [2.75, 3.05) is 26.9 Å². The van der Waals surface area contributed by atoms with Gasteiger partial charge in [0.15, 0.2) is 0 Å². The summed E-state index contributed by atoms with van der Waals surface area (Å²) >= 11 is 0. The Labute approximate surface area is 207 Å². The molecule has 3 rings (SSSR count). The second-order valence-electron chi connectivity index (χ2n) is 9.50. The molecule has 0 heterocycles. The average molecular weight is 488 g/mol. The minimum absolute atomic E-state index is 0.0298. The second kappa shape index (κ2) is 13.4. The van der Waals surface area contributed by atoms with E-state index in [1.165, 1.54) is 0 Å². The molecule has 0 saturated heterocycles. The zero-order valence-electron chi connectivity index (χ0n) is 20.5. The first kappa shape index (κ1) is 26.9. The number of hydrogen-bond acceptors (Lipinski definition) is 6. The van der Waals surface area contributed by atoms with Crippen molar-refractivity contribution in [1.29, 1.82) is 0 Å². The lowest BCUT2D eigenvalue weighted by Crippen LogP contribution is -2.45. The third-order valence-corrected chi connectivity index (χ3v) is 6.98. The maximum atomic E-state index is 13.3. The van der Waals surface area contributed by atoms with Crippen LogP contribution in [0, 0.1) is 11.3 Å². The van der Waals surface area contributed by atoms with Crippen LogP contribution in [0.3, 0.4) is 0 Å². The van der Waals surface area contributed by atoms with Gasteiger partial charge in [-0.3, -0.25) is 9.59 Å². The molecule has 0 radical (unpaired) electrons. The van der Waals surface area contributed by atoms with Gasteiger partial charge in [-0.15, -0.1) is 0 Å². The number of carbonyl (C=O) groups excluding carboxylic acids is 2. The molecule has 192 valence electrons. The molecule has 2 aliphatic rings. The van der Waals surface area contributed by atoms with E-state index in [1.807, 2.05) is 30.3 Å². The minimum Gasteiger partial charge on any atom is -0.478 e. The molecular weight excluding hydrogens is 450 g/mol. The first-order chi connectivity index (χ1) is 16.9. The van der Waals surface area contributed by atoms with Gasteiger partial charge in [0.1, 0.15) is 6.61 Å². The van der Waals surface area contributed by atoms with E-state index in [4.69, 9.17) is 14.2 Å². The van der Waals surface area contributed by atoms with E-state index in [9.17, 15) is 19.5 Å². The van der Waals surface area contributed by atoms with Crippen molar-refractivity contribution < 1.29 is 33.7 Å². The molecule has 1 amide bonds. The lowest BCUT2D eigenvalue weighted by molar-refractivity contribution is -0.151. The molecule has 0 aliphatic heterocycles. The number of carboxylic acids is 1. The first-order valence-corrected chi connectivity index (χ1v) is 12.5. The number of amides is 1. The highest BCUT2D eigenvalue weighted by Gasteiger charge is 2.41. The summed E-state index contributed by atoms with van der Waals surface area (Å²) in [7, 11) is 1.55. The summed E-state index contributed by atoms with van der Waals surface area (Å²) in [6.45, 7) is 0.870. The molecule has 8 heteroatoms. The van der Waals surface area contributed by atoms with Crippen LogP contribution in [0.2, 0.25) is 0 Å². The number of esters is 1. The number of methoxy groups -OCH3 is 1. The fraction of sp³-hybridized carbons (Fsp3) is 0.593. The fourth-order valence-corrected chi connectivity index (χ4v) is 4.92. The highest BCUT2D eigenvalue weighted by atomic mass is 16.5. The molecule has 2 saturated carbocycles. The zero-order chi connectivity index (χ0) is 25.1. The van der Waals surface area contributed by atoms with Crippen molar-refractivity contribution >= 4 is 17.8 Å². The van der Waals surface area contributed by atoms with Gasteiger partial charge in [0.25, 0.3) is 0 Å². The number of ether oxygens (including phenoxy) is 3. The van der Waals surface area contributed by atoms with E-state index in [0.29, 0.717) is 45.1 Å². The Balaban J connectivity index is 1.52. The Morgan fingerprint density at radius 3 is 2.37 bits per heavy atom. The van der Waals surface area contributed by atoms with Gasteiger partial charge in [-0.05, 0) is 44.1 Å². The van der Waals surface area contributed by atoms with Crippen LogP contribution in [0.1, 0.15) is 56.9 Å². The number of rotatable bonds is 12. The molecule has 0 atom stereocenters. The molecule has 0 bridgehead atoms. The van der Waals surface area contributed by atoms with Gasteiger partial charge in [-0.25, -0.2) is 4.79 Å². The van der Waals surface area contributed by atoms with Gasteiger partial charge in [-0.2, -0.15) is 0 Å². The Kier molecular flexibility index (Phi) is 10.3. The van der Waals surface area contributed by atoms with E-state index in [0.717, 1.165) is 18.4 Å². The number of carboxylic acid groups (broad SMARTS) is 1. The Morgan fingerprint density at radius 1 is 1.06 bits per heavy atom. The lowest BCUT2D eigenvalue weighted by atomic mass is 9.81. The van der Waals surface area contributed by atoms with Crippen molar-refractivity contribution in [2.45, 2.75) is 64.0 Å². The normalized spacial score (nSPS) is 21.9. The van der Waals surface area contributed by atoms with Crippen LogP contribution < -0.4 is 5.32 Å². The quantitative estimate of drug-likeness (QED) is 0.263. The smallest absolute Gasteiger partial charge is 0.333 e. The van der Waals surface area contributed by atoms with E-state index >= 15 is 0 Å². The largest absolute Gasteiger partial charge is 0.478 e. The van der Waals surface area contributed by atoms with Crippen molar-refractivity contribution in [2.24, 2.45) is 11.3 Å². The predicted molar refractivity (Wildman–Crippen MR) is 129 cm³/mol. The van der Waals surface area contributed by atoms with Gasteiger partial charge < -0.3 is 24.6 Å². The van der Waals surface area contributed by atoms with Gasteiger partial charge in [0.2, 0.25) is 5.91 Å². The Bertz CT molecular complexity index is 869. The molecule has 2 aliphatic carbocycles. The summed E-state index contributed by atoms with van der Waals surface area (Å²) in [5.41, 5.74) is 0.230. The van der Waals surface area contributed by atoms with Crippen molar-refractivity contribution in [3.8, 4) is 0 Å². The van der Waals surface area contributed by atoms with E-state index in [1.54, 1.807) is 13.2 Å². The van der Waals surface area contributed by atoms with Gasteiger partial charge in [0, 0.05) is 13.2 Å². The molecule has 8 nitrogen and oxygen atoms in total. The Morgan fingerprint density at radius 2 is 1.74 bits per heavy atom. The van der Waals surface area contributed by atoms with Crippen LogP contribution in [0.15, 0.2) is 42.0 Å².